The van der Waals surface area contributed by atoms with Crippen LogP contribution in [-0.4, -0.2) is 52.8 Å². The highest BCUT2D eigenvalue weighted by molar-refractivity contribution is 6.29. The SMILES string of the molecule is COc1cc(O)c2c(c1OC)C(=O)C1=C(C2=O)[C@@H](O)C[C@@](C)(O)C1. The number of ketones is 2. The number of fused-ring (bicyclic) bond motifs is 1. The van der Waals surface area contributed by atoms with Crippen molar-refractivity contribution in [1.82, 2.24) is 0 Å². The number of carbonyl (C=O) groups excluding carboxylic acids is 2. The zero-order valence-electron chi connectivity index (χ0n) is 13.5. The number of rotatable bonds is 2. The molecule has 0 aromatic heterocycles. The topological polar surface area (TPSA) is 113 Å². The number of carbonyl (C=O) groups is 2. The van der Waals surface area contributed by atoms with Crippen LogP contribution in [0.4, 0.5) is 0 Å². The van der Waals surface area contributed by atoms with Gasteiger partial charge in [-0.05, 0) is 6.92 Å². The van der Waals surface area contributed by atoms with Gasteiger partial charge in [-0.25, -0.2) is 0 Å². The average molecular weight is 334 g/mol. The van der Waals surface area contributed by atoms with Crippen LogP contribution in [0, 0.1) is 0 Å². The normalized spacial score (nSPS) is 26.1. The molecule has 0 spiro atoms. The lowest BCUT2D eigenvalue weighted by atomic mass is 9.71. The van der Waals surface area contributed by atoms with E-state index in [2.05, 4.69) is 0 Å². The van der Waals surface area contributed by atoms with Crippen LogP contribution < -0.4 is 9.47 Å². The first-order valence-corrected chi connectivity index (χ1v) is 7.42. The second-order valence-corrected chi connectivity index (χ2v) is 6.33. The number of phenols is 1. The van der Waals surface area contributed by atoms with Crippen molar-refractivity contribution in [2.45, 2.75) is 31.5 Å². The lowest BCUT2D eigenvalue weighted by molar-refractivity contribution is 0.00374. The van der Waals surface area contributed by atoms with Crippen molar-refractivity contribution in [1.29, 1.82) is 0 Å². The number of ether oxygens (including phenoxy) is 2. The van der Waals surface area contributed by atoms with Gasteiger partial charge in [-0.15, -0.1) is 0 Å². The molecule has 128 valence electrons. The van der Waals surface area contributed by atoms with E-state index in [1.807, 2.05) is 0 Å². The van der Waals surface area contributed by atoms with E-state index in [9.17, 15) is 24.9 Å². The van der Waals surface area contributed by atoms with Crippen molar-refractivity contribution in [2.75, 3.05) is 14.2 Å². The number of methoxy groups -OCH3 is 2. The van der Waals surface area contributed by atoms with Crippen LogP contribution in [0.15, 0.2) is 17.2 Å². The molecule has 0 radical (unpaired) electrons. The number of aromatic hydroxyl groups is 1. The van der Waals surface area contributed by atoms with E-state index in [1.54, 1.807) is 0 Å². The van der Waals surface area contributed by atoms with Crippen molar-refractivity contribution in [2.24, 2.45) is 0 Å². The molecule has 2 atom stereocenters. The third-order valence-corrected chi connectivity index (χ3v) is 4.47. The zero-order chi connectivity index (χ0) is 17.8. The van der Waals surface area contributed by atoms with Crippen molar-refractivity contribution in [3.8, 4) is 17.2 Å². The van der Waals surface area contributed by atoms with Crippen LogP contribution in [-0.2, 0) is 0 Å². The molecule has 1 aromatic carbocycles. The van der Waals surface area contributed by atoms with Gasteiger partial charge < -0.3 is 24.8 Å². The highest BCUT2D eigenvalue weighted by atomic mass is 16.5. The number of aliphatic hydroxyl groups excluding tert-OH is 1. The Hall–Kier alpha value is -2.38. The molecule has 0 bridgehead atoms. The van der Waals surface area contributed by atoms with Crippen LogP contribution in [0.1, 0.15) is 40.5 Å². The molecule has 0 saturated carbocycles. The van der Waals surface area contributed by atoms with Gasteiger partial charge in [0.2, 0.25) is 0 Å². The molecule has 0 fully saturated rings. The molecule has 3 N–H and O–H groups in total. The monoisotopic (exact) mass is 334 g/mol. The Labute approximate surface area is 138 Å². The summed E-state index contributed by atoms with van der Waals surface area (Å²) in [5, 5.41) is 30.7. The largest absolute Gasteiger partial charge is 0.507 e. The lowest BCUT2D eigenvalue weighted by Crippen LogP contribution is -2.42. The summed E-state index contributed by atoms with van der Waals surface area (Å²) in [7, 11) is 2.67. The van der Waals surface area contributed by atoms with Crippen LogP contribution in [0.5, 0.6) is 17.2 Å². The maximum absolute atomic E-state index is 13.0. The number of Topliss-reactive ketones (excluding diaryl/α,β-unsaturated/α-hetero) is 2. The third kappa shape index (κ3) is 2.20. The van der Waals surface area contributed by atoms with Gasteiger partial charge in [-0.2, -0.15) is 0 Å². The summed E-state index contributed by atoms with van der Waals surface area (Å²) in [6, 6.07) is 1.19. The van der Waals surface area contributed by atoms with Crippen LogP contribution in [0.2, 0.25) is 0 Å². The Morgan fingerprint density at radius 3 is 2.42 bits per heavy atom. The smallest absolute Gasteiger partial charge is 0.196 e. The standard InChI is InChI=1S/C17H18O7/c1-17(22)5-7-11(9(19)6-17)15(21)12-8(18)4-10(23-2)16(24-3)13(12)14(7)20/h4,9,18-19,22H,5-6H2,1-3H3/t9-,17-/m0/s1. The second kappa shape index (κ2) is 5.32. The van der Waals surface area contributed by atoms with Gasteiger partial charge in [-0.1, -0.05) is 0 Å². The van der Waals surface area contributed by atoms with E-state index in [4.69, 9.17) is 9.47 Å². The fourth-order valence-electron chi connectivity index (χ4n) is 3.47. The minimum atomic E-state index is -1.31. The summed E-state index contributed by atoms with van der Waals surface area (Å²) in [5.74, 6) is -1.47. The summed E-state index contributed by atoms with van der Waals surface area (Å²) in [4.78, 5) is 25.7. The van der Waals surface area contributed by atoms with Gasteiger partial charge in [0, 0.05) is 30.1 Å². The minimum Gasteiger partial charge on any atom is -0.507 e. The van der Waals surface area contributed by atoms with E-state index in [-0.39, 0.29) is 46.6 Å². The number of hydrogen-bond donors (Lipinski definition) is 3. The molecule has 0 heterocycles. The molecule has 0 aliphatic heterocycles. The quantitative estimate of drug-likeness (QED) is 0.739. The summed E-state index contributed by atoms with van der Waals surface area (Å²) in [5.41, 5.74) is -1.65. The lowest BCUT2D eigenvalue weighted by Gasteiger charge is -2.36. The fraction of sp³-hybridized carbons (Fsp3) is 0.412. The number of hydrogen-bond acceptors (Lipinski definition) is 7. The zero-order valence-corrected chi connectivity index (χ0v) is 13.5. The molecule has 0 amide bonds. The summed E-state index contributed by atoms with van der Waals surface area (Å²) < 4.78 is 10.3. The summed E-state index contributed by atoms with van der Waals surface area (Å²) in [6.07, 6.45) is -1.40. The van der Waals surface area contributed by atoms with Gasteiger partial charge in [0.1, 0.15) is 5.75 Å². The van der Waals surface area contributed by atoms with E-state index in [0.717, 1.165) is 0 Å². The molecule has 0 saturated heterocycles. The predicted molar refractivity (Wildman–Crippen MR) is 82.8 cm³/mol. The van der Waals surface area contributed by atoms with Crippen molar-refractivity contribution in [3.63, 3.8) is 0 Å². The molecule has 7 heteroatoms. The Morgan fingerprint density at radius 2 is 1.83 bits per heavy atom. The van der Waals surface area contributed by atoms with E-state index >= 15 is 0 Å². The van der Waals surface area contributed by atoms with Crippen LogP contribution in [0.25, 0.3) is 0 Å². The van der Waals surface area contributed by atoms with Gasteiger partial charge >= 0.3 is 0 Å². The Kier molecular flexibility index (Phi) is 3.65. The fourth-order valence-corrected chi connectivity index (χ4v) is 3.47. The molecular weight excluding hydrogens is 316 g/mol. The first-order chi connectivity index (χ1) is 11.2. The highest BCUT2D eigenvalue weighted by Crippen LogP contribution is 2.47. The maximum Gasteiger partial charge on any atom is 0.196 e. The van der Waals surface area contributed by atoms with Gasteiger partial charge in [0.25, 0.3) is 0 Å². The minimum absolute atomic E-state index is 0.0370. The molecule has 1 aromatic rings. The first kappa shape index (κ1) is 16.5. The molecule has 24 heavy (non-hydrogen) atoms. The van der Waals surface area contributed by atoms with E-state index in [0.29, 0.717) is 0 Å². The molecule has 7 nitrogen and oxygen atoms in total. The molecular formula is C17H18O7. The van der Waals surface area contributed by atoms with Crippen LogP contribution >= 0.6 is 0 Å². The van der Waals surface area contributed by atoms with Gasteiger partial charge in [0.15, 0.2) is 23.1 Å². The summed E-state index contributed by atoms with van der Waals surface area (Å²) >= 11 is 0. The number of aliphatic hydroxyl groups is 2. The van der Waals surface area contributed by atoms with Crippen molar-refractivity contribution >= 4 is 11.6 Å². The Balaban J connectivity index is 2.30. The van der Waals surface area contributed by atoms with Crippen molar-refractivity contribution in [3.05, 3.63) is 28.3 Å². The Bertz CT molecular complexity index is 789. The number of benzene rings is 1. The summed E-state index contributed by atoms with van der Waals surface area (Å²) in [6.45, 7) is 1.49. The number of phenolic OH excluding ortho intramolecular Hbond substituents is 1. The third-order valence-electron chi connectivity index (χ3n) is 4.47. The van der Waals surface area contributed by atoms with E-state index < -0.39 is 29.0 Å². The van der Waals surface area contributed by atoms with Crippen LogP contribution in [0.3, 0.4) is 0 Å². The molecule has 0 unspecified atom stereocenters. The molecule has 2 aliphatic carbocycles. The predicted octanol–water partition coefficient (Wildman–Crippen LogP) is 0.991. The van der Waals surface area contributed by atoms with Gasteiger partial charge in [-0.3, -0.25) is 9.59 Å². The van der Waals surface area contributed by atoms with Crippen molar-refractivity contribution < 1.29 is 34.4 Å². The van der Waals surface area contributed by atoms with E-state index in [1.165, 1.54) is 27.2 Å². The maximum atomic E-state index is 13.0. The Morgan fingerprint density at radius 1 is 1.17 bits per heavy atom. The first-order valence-electron chi connectivity index (χ1n) is 7.42. The molecule has 3 rings (SSSR count). The highest BCUT2D eigenvalue weighted by Gasteiger charge is 2.46. The molecule has 2 aliphatic rings. The van der Waals surface area contributed by atoms with Gasteiger partial charge in [0.05, 0.1) is 37.1 Å². The second-order valence-electron chi connectivity index (χ2n) is 6.33. The average Bonchev–Trinajstić information content (AvgIpc) is 2.49.